The molecule has 0 N–H and O–H groups in total. The Bertz CT molecular complexity index is 229. The molecule has 0 amide bonds. The molecule has 1 heterocycles. The minimum absolute atomic E-state index is 0.0428. The van der Waals surface area contributed by atoms with E-state index in [1.165, 1.54) is 4.68 Å². The summed E-state index contributed by atoms with van der Waals surface area (Å²) < 4.78 is 14.1. The van der Waals surface area contributed by atoms with Crippen molar-refractivity contribution in [2.45, 2.75) is 26.8 Å². The minimum atomic E-state index is -0.338. The zero-order valence-corrected chi connectivity index (χ0v) is 6.30. The Kier molecular flexibility index (Phi) is 1.70. The highest BCUT2D eigenvalue weighted by atomic mass is 19.1. The van der Waals surface area contributed by atoms with Crippen LogP contribution >= 0.6 is 0 Å². The summed E-state index contributed by atoms with van der Waals surface area (Å²) in [5.74, 6) is -0.338. The molecule has 0 saturated heterocycles. The Morgan fingerprint density at radius 3 is 2.30 bits per heavy atom. The predicted octanol–water partition coefficient (Wildman–Crippen LogP) is 1.31. The van der Waals surface area contributed by atoms with Crippen molar-refractivity contribution in [2.75, 3.05) is 0 Å². The van der Waals surface area contributed by atoms with Gasteiger partial charge < -0.3 is 0 Å². The van der Waals surface area contributed by atoms with Crippen molar-refractivity contribution in [3.05, 3.63) is 11.6 Å². The van der Waals surface area contributed by atoms with Crippen LogP contribution in [-0.2, 0) is 0 Å². The molecule has 4 heteroatoms. The summed E-state index contributed by atoms with van der Waals surface area (Å²) >= 11 is 0. The van der Waals surface area contributed by atoms with Gasteiger partial charge in [-0.15, -0.1) is 5.10 Å². The highest BCUT2D eigenvalue weighted by molar-refractivity contribution is 4.91. The normalized spacial score (nSPS) is 10.9. The zero-order valence-electron chi connectivity index (χ0n) is 6.30. The Labute approximate surface area is 58.9 Å². The van der Waals surface area contributed by atoms with Gasteiger partial charge in [-0.25, -0.2) is 4.68 Å². The van der Waals surface area contributed by atoms with Crippen LogP contribution in [0.15, 0.2) is 0 Å². The van der Waals surface area contributed by atoms with E-state index in [0.717, 1.165) is 0 Å². The third-order valence-electron chi connectivity index (χ3n) is 1.28. The first-order valence-corrected chi connectivity index (χ1v) is 3.20. The van der Waals surface area contributed by atoms with Crippen LogP contribution in [0.1, 0.15) is 25.6 Å². The Hall–Kier alpha value is -0.930. The number of halogens is 1. The quantitative estimate of drug-likeness (QED) is 0.593. The molecule has 0 aliphatic rings. The van der Waals surface area contributed by atoms with Crippen LogP contribution in [-0.4, -0.2) is 15.0 Å². The molecular formula is C6H10FN3. The fraction of sp³-hybridized carbons (Fsp3) is 0.667. The number of aromatic nitrogens is 3. The van der Waals surface area contributed by atoms with Crippen LogP contribution in [0.3, 0.4) is 0 Å². The van der Waals surface area contributed by atoms with Gasteiger partial charge in [-0.3, -0.25) is 0 Å². The van der Waals surface area contributed by atoms with Crippen molar-refractivity contribution >= 4 is 0 Å². The smallest absolute Gasteiger partial charge is 0.217 e. The Morgan fingerprint density at radius 1 is 1.50 bits per heavy atom. The molecule has 0 saturated carbocycles. The molecule has 0 aromatic carbocycles. The lowest BCUT2D eigenvalue weighted by molar-refractivity contribution is 0.408. The largest absolute Gasteiger partial charge is 0.234 e. The first kappa shape index (κ1) is 7.18. The van der Waals surface area contributed by atoms with Gasteiger partial charge in [-0.1, -0.05) is 5.21 Å². The van der Waals surface area contributed by atoms with E-state index in [1.54, 1.807) is 6.92 Å². The maximum Gasteiger partial charge on any atom is 0.234 e. The fourth-order valence-electron chi connectivity index (χ4n) is 0.692. The number of rotatable bonds is 1. The lowest BCUT2D eigenvalue weighted by Crippen LogP contribution is -2.05. The van der Waals surface area contributed by atoms with Crippen molar-refractivity contribution in [3.63, 3.8) is 0 Å². The van der Waals surface area contributed by atoms with Crippen LogP contribution in [0.25, 0.3) is 0 Å². The molecule has 0 unspecified atom stereocenters. The third-order valence-corrected chi connectivity index (χ3v) is 1.28. The van der Waals surface area contributed by atoms with Crippen LogP contribution in [0.5, 0.6) is 0 Å². The maximum absolute atomic E-state index is 12.9. The van der Waals surface area contributed by atoms with Gasteiger partial charge >= 0.3 is 0 Å². The van der Waals surface area contributed by atoms with Gasteiger partial charge in [0, 0.05) is 0 Å². The maximum atomic E-state index is 12.9. The predicted molar refractivity (Wildman–Crippen MR) is 35.1 cm³/mol. The lowest BCUT2D eigenvalue weighted by atomic mass is 10.4. The van der Waals surface area contributed by atoms with Crippen molar-refractivity contribution in [2.24, 2.45) is 0 Å². The van der Waals surface area contributed by atoms with E-state index in [1.807, 2.05) is 13.8 Å². The summed E-state index contributed by atoms with van der Waals surface area (Å²) in [6.07, 6.45) is 0. The van der Waals surface area contributed by atoms with E-state index in [-0.39, 0.29) is 12.0 Å². The molecule has 3 nitrogen and oxygen atoms in total. The van der Waals surface area contributed by atoms with Crippen LogP contribution in [0, 0.1) is 12.9 Å². The van der Waals surface area contributed by atoms with Crippen molar-refractivity contribution in [1.82, 2.24) is 15.0 Å². The van der Waals surface area contributed by atoms with Crippen molar-refractivity contribution in [1.29, 1.82) is 0 Å². The average Bonchev–Trinajstić information content (AvgIpc) is 2.14. The molecular weight excluding hydrogens is 133 g/mol. The molecule has 10 heavy (non-hydrogen) atoms. The highest BCUT2D eigenvalue weighted by Gasteiger charge is 2.09. The van der Waals surface area contributed by atoms with Gasteiger partial charge in [0.05, 0.1) is 6.04 Å². The molecule has 0 atom stereocenters. The third kappa shape index (κ3) is 1.01. The summed E-state index contributed by atoms with van der Waals surface area (Å²) in [6.45, 7) is 5.32. The van der Waals surface area contributed by atoms with Gasteiger partial charge in [0.25, 0.3) is 0 Å². The van der Waals surface area contributed by atoms with E-state index in [0.29, 0.717) is 5.69 Å². The van der Waals surface area contributed by atoms with Crippen LogP contribution in [0.2, 0.25) is 0 Å². The second kappa shape index (κ2) is 2.36. The molecule has 0 bridgehead atoms. The van der Waals surface area contributed by atoms with E-state index >= 15 is 0 Å². The fourth-order valence-corrected chi connectivity index (χ4v) is 0.692. The molecule has 0 aliphatic heterocycles. The van der Waals surface area contributed by atoms with Crippen molar-refractivity contribution < 1.29 is 4.39 Å². The number of nitrogens with zero attached hydrogens (tertiary/aromatic N) is 3. The van der Waals surface area contributed by atoms with E-state index < -0.39 is 0 Å². The van der Waals surface area contributed by atoms with Gasteiger partial charge in [-0.2, -0.15) is 4.39 Å². The summed E-state index contributed by atoms with van der Waals surface area (Å²) in [6, 6.07) is 0.0428. The summed E-state index contributed by atoms with van der Waals surface area (Å²) in [7, 11) is 0. The van der Waals surface area contributed by atoms with E-state index in [4.69, 9.17) is 0 Å². The van der Waals surface area contributed by atoms with Gasteiger partial charge in [0.1, 0.15) is 5.69 Å². The summed E-state index contributed by atoms with van der Waals surface area (Å²) in [4.78, 5) is 0. The van der Waals surface area contributed by atoms with Gasteiger partial charge in [0.2, 0.25) is 5.95 Å². The lowest BCUT2D eigenvalue weighted by Gasteiger charge is -2.02. The molecule has 1 aromatic heterocycles. The average molecular weight is 143 g/mol. The Morgan fingerprint density at radius 2 is 2.10 bits per heavy atom. The topological polar surface area (TPSA) is 30.7 Å². The summed E-state index contributed by atoms with van der Waals surface area (Å²) in [5, 5.41) is 7.18. The molecule has 1 rings (SSSR count). The standard InChI is InChI=1S/C6H10FN3/c1-4(2)10-6(7)5(3)8-9-10/h4H,1-3H3. The molecule has 0 spiro atoms. The molecule has 56 valence electrons. The van der Waals surface area contributed by atoms with Gasteiger partial charge in [0.15, 0.2) is 0 Å². The molecule has 0 aliphatic carbocycles. The number of aryl methyl sites for hydroxylation is 1. The van der Waals surface area contributed by atoms with Crippen LogP contribution in [0.4, 0.5) is 4.39 Å². The van der Waals surface area contributed by atoms with Crippen LogP contribution < -0.4 is 0 Å². The van der Waals surface area contributed by atoms with Gasteiger partial charge in [-0.05, 0) is 20.8 Å². The summed E-state index contributed by atoms with van der Waals surface area (Å²) in [5.41, 5.74) is 0.355. The zero-order chi connectivity index (χ0) is 7.72. The molecule has 0 radical (unpaired) electrons. The first-order chi connectivity index (χ1) is 4.63. The SMILES string of the molecule is Cc1nnn(C(C)C)c1F. The monoisotopic (exact) mass is 143 g/mol. The number of hydrogen-bond donors (Lipinski definition) is 0. The Balaban J connectivity index is 3.05. The first-order valence-electron chi connectivity index (χ1n) is 3.20. The van der Waals surface area contributed by atoms with E-state index in [2.05, 4.69) is 10.3 Å². The van der Waals surface area contributed by atoms with Crippen molar-refractivity contribution in [3.8, 4) is 0 Å². The molecule has 1 aromatic rings. The minimum Gasteiger partial charge on any atom is -0.217 e. The molecule has 0 fully saturated rings. The highest BCUT2D eigenvalue weighted by Crippen LogP contribution is 2.07. The number of hydrogen-bond acceptors (Lipinski definition) is 2. The van der Waals surface area contributed by atoms with E-state index in [9.17, 15) is 4.39 Å². The second-order valence-electron chi connectivity index (χ2n) is 2.50. The second-order valence-corrected chi connectivity index (χ2v) is 2.50.